The number of imidazole rings is 1. The summed E-state index contributed by atoms with van der Waals surface area (Å²) in [5, 5.41) is 2.60. The Labute approximate surface area is 159 Å². The molecule has 3 aromatic rings. The molecule has 0 fully saturated rings. The van der Waals surface area contributed by atoms with Gasteiger partial charge in [0, 0.05) is 23.9 Å². The molecule has 0 saturated carbocycles. The molecule has 7 nitrogen and oxygen atoms in total. The van der Waals surface area contributed by atoms with Crippen molar-refractivity contribution < 1.29 is 14.3 Å². The number of ether oxygens (including phenoxy) is 1. The molecule has 0 aliphatic heterocycles. The van der Waals surface area contributed by atoms with E-state index < -0.39 is 11.9 Å². The number of aromatic nitrogens is 2. The van der Waals surface area contributed by atoms with Gasteiger partial charge in [0.1, 0.15) is 0 Å². The van der Waals surface area contributed by atoms with Crippen molar-refractivity contribution in [3.63, 3.8) is 0 Å². The maximum absolute atomic E-state index is 12.2. The highest BCUT2D eigenvalue weighted by Gasteiger charge is 2.19. The molecule has 1 amide bonds. The third kappa shape index (κ3) is 3.75. The van der Waals surface area contributed by atoms with E-state index in [1.807, 2.05) is 36.4 Å². The van der Waals surface area contributed by atoms with E-state index in [2.05, 4.69) is 5.32 Å². The SMILES string of the molecule is CCOC(=O)C(=O)Nc1cc2c(cc1Sc1ccccc1)n(C)c(=O)n2C. The number of hydrogen-bond acceptors (Lipinski definition) is 5. The second-order valence-corrected chi connectivity index (χ2v) is 6.94. The molecule has 0 radical (unpaired) electrons. The van der Waals surface area contributed by atoms with Gasteiger partial charge in [0.25, 0.3) is 0 Å². The average Bonchev–Trinajstić information content (AvgIpc) is 2.87. The number of nitrogens with one attached hydrogen (secondary N) is 1. The van der Waals surface area contributed by atoms with Crippen LogP contribution in [0.5, 0.6) is 0 Å². The lowest BCUT2D eigenvalue weighted by Crippen LogP contribution is -2.25. The zero-order valence-electron chi connectivity index (χ0n) is 15.2. The van der Waals surface area contributed by atoms with Gasteiger partial charge >= 0.3 is 17.6 Å². The smallest absolute Gasteiger partial charge is 0.397 e. The summed E-state index contributed by atoms with van der Waals surface area (Å²) in [4.78, 5) is 37.8. The summed E-state index contributed by atoms with van der Waals surface area (Å²) in [5.74, 6) is -1.80. The van der Waals surface area contributed by atoms with Crippen LogP contribution in [0.4, 0.5) is 5.69 Å². The van der Waals surface area contributed by atoms with Gasteiger partial charge in [-0.2, -0.15) is 0 Å². The normalized spacial score (nSPS) is 10.8. The Balaban J connectivity index is 2.09. The molecule has 0 unspecified atom stereocenters. The van der Waals surface area contributed by atoms with Crippen LogP contribution in [-0.4, -0.2) is 27.6 Å². The first kappa shape index (κ1) is 18.8. The number of esters is 1. The van der Waals surface area contributed by atoms with Crippen molar-refractivity contribution in [2.24, 2.45) is 14.1 Å². The Morgan fingerprint density at radius 3 is 2.33 bits per heavy atom. The molecule has 3 rings (SSSR count). The second-order valence-electron chi connectivity index (χ2n) is 5.83. The summed E-state index contributed by atoms with van der Waals surface area (Å²) in [6.07, 6.45) is 0. The van der Waals surface area contributed by atoms with Gasteiger partial charge in [0.2, 0.25) is 0 Å². The summed E-state index contributed by atoms with van der Waals surface area (Å²) in [6.45, 7) is 1.75. The van der Waals surface area contributed by atoms with E-state index in [9.17, 15) is 14.4 Å². The minimum absolute atomic E-state index is 0.115. The lowest BCUT2D eigenvalue weighted by Gasteiger charge is -2.12. The first-order valence-corrected chi connectivity index (χ1v) is 9.14. The fourth-order valence-corrected chi connectivity index (χ4v) is 3.63. The molecule has 0 atom stereocenters. The lowest BCUT2D eigenvalue weighted by atomic mass is 10.2. The molecule has 1 heterocycles. The zero-order valence-corrected chi connectivity index (χ0v) is 16.0. The van der Waals surface area contributed by atoms with Crippen LogP contribution in [0, 0.1) is 0 Å². The number of carbonyl (C=O) groups excluding carboxylic acids is 2. The number of benzene rings is 2. The lowest BCUT2D eigenvalue weighted by molar-refractivity contribution is -0.152. The maximum atomic E-state index is 12.2. The molecular formula is C19H19N3O4S. The number of nitrogens with zero attached hydrogens (tertiary/aromatic N) is 2. The largest absolute Gasteiger partial charge is 0.459 e. The average molecular weight is 385 g/mol. The monoisotopic (exact) mass is 385 g/mol. The first-order chi connectivity index (χ1) is 12.9. The van der Waals surface area contributed by atoms with E-state index >= 15 is 0 Å². The number of anilines is 1. The Bertz CT molecular complexity index is 1070. The van der Waals surface area contributed by atoms with Gasteiger partial charge in [-0.15, -0.1) is 0 Å². The number of amides is 1. The van der Waals surface area contributed by atoms with Crippen LogP contribution < -0.4 is 11.0 Å². The van der Waals surface area contributed by atoms with Crippen molar-refractivity contribution in [3.8, 4) is 0 Å². The van der Waals surface area contributed by atoms with E-state index in [4.69, 9.17) is 4.74 Å². The highest BCUT2D eigenvalue weighted by atomic mass is 32.2. The number of rotatable bonds is 4. The molecule has 140 valence electrons. The predicted molar refractivity (Wildman–Crippen MR) is 104 cm³/mol. The summed E-state index contributed by atoms with van der Waals surface area (Å²) < 4.78 is 7.79. The number of fused-ring (bicyclic) bond motifs is 1. The van der Waals surface area contributed by atoms with Crippen molar-refractivity contribution in [1.29, 1.82) is 0 Å². The minimum atomic E-state index is -0.949. The van der Waals surface area contributed by atoms with Crippen LogP contribution in [0.25, 0.3) is 11.0 Å². The number of aryl methyl sites for hydroxylation is 2. The molecule has 1 aromatic heterocycles. The first-order valence-electron chi connectivity index (χ1n) is 8.32. The molecule has 0 bridgehead atoms. The summed E-state index contributed by atoms with van der Waals surface area (Å²) in [5.41, 5.74) is 1.65. The second kappa shape index (κ2) is 7.71. The van der Waals surface area contributed by atoms with Gasteiger partial charge in [-0.3, -0.25) is 13.9 Å². The fourth-order valence-electron chi connectivity index (χ4n) is 2.69. The number of hydrogen-bond donors (Lipinski definition) is 1. The van der Waals surface area contributed by atoms with Crippen molar-refractivity contribution >= 4 is 40.4 Å². The van der Waals surface area contributed by atoms with Crippen molar-refractivity contribution in [2.45, 2.75) is 16.7 Å². The van der Waals surface area contributed by atoms with Crippen LogP contribution in [0.2, 0.25) is 0 Å². The van der Waals surface area contributed by atoms with E-state index in [0.717, 1.165) is 10.4 Å². The Morgan fingerprint density at radius 2 is 1.70 bits per heavy atom. The van der Waals surface area contributed by atoms with E-state index in [1.165, 1.54) is 16.3 Å². The molecule has 0 aliphatic carbocycles. The molecule has 2 aromatic carbocycles. The minimum Gasteiger partial charge on any atom is -0.459 e. The molecule has 27 heavy (non-hydrogen) atoms. The summed E-state index contributed by atoms with van der Waals surface area (Å²) in [6, 6.07) is 13.1. The highest BCUT2D eigenvalue weighted by molar-refractivity contribution is 7.99. The highest BCUT2D eigenvalue weighted by Crippen LogP contribution is 2.36. The van der Waals surface area contributed by atoms with Crippen molar-refractivity contribution in [2.75, 3.05) is 11.9 Å². The van der Waals surface area contributed by atoms with Gasteiger partial charge in [-0.1, -0.05) is 30.0 Å². The van der Waals surface area contributed by atoms with Gasteiger partial charge < -0.3 is 10.1 Å². The zero-order chi connectivity index (χ0) is 19.6. The van der Waals surface area contributed by atoms with Crippen LogP contribution in [0.3, 0.4) is 0 Å². The van der Waals surface area contributed by atoms with E-state index in [1.54, 1.807) is 31.7 Å². The summed E-state index contributed by atoms with van der Waals surface area (Å²) in [7, 11) is 3.35. The fraction of sp³-hybridized carbons (Fsp3) is 0.211. The predicted octanol–water partition coefficient (Wildman–Crippen LogP) is 2.53. The standard InChI is InChI=1S/C19H19N3O4S/c1-4-26-18(24)17(23)20-13-10-14-15(22(3)19(25)21(14)2)11-16(13)27-12-8-6-5-7-9-12/h5-11H,4H2,1-3H3,(H,20,23). The van der Waals surface area contributed by atoms with Crippen LogP contribution >= 0.6 is 11.8 Å². The van der Waals surface area contributed by atoms with Crippen molar-refractivity contribution in [3.05, 3.63) is 52.9 Å². The van der Waals surface area contributed by atoms with E-state index in [0.29, 0.717) is 16.1 Å². The molecule has 8 heteroatoms. The van der Waals surface area contributed by atoms with Crippen LogP contribution in [0.15, 0.2) is 57.1 Å². The van der Waals surface area contributed by atoms with Crippen molar-refractivity contribution in [1.82, 2.24) is 9.13 Å². The molecule has 0 aliphatic rings. The Hall–Kier alpha value is -3.00. The number of carbonyl (C=O) groups is 2. The van der Waals surface area contributed by atoms with Crippen LogP contribution in [0.1, 0.15) is 6.92 Å². The summed E-state index contributed by atoms with van der Waals surface area (Å²) >= 11 is 1.43. The topological polar surface area (TPSA) is 82.3 Å². The Kier molecular flexibility index (Phi) is 5.36. The van der Waals surface area contributed by atoms with Gasteiger partial charge in [0.05, 0.1) is 23.3 Å². The van der Waals surface area contributed by atoms with Crippen LogP contribution in [-0.2, 0) is 28.4 Å². The molecular weight excluding hydrogens is 366 g/mol. The van der Waals surface area contributed by atoms with Gasteiger partial charge in [-0.05, 0) is 31.2 Å². The molecule has 0 saturated heterocycles. The Morgan fingerprint density at radius 1 is 1.07 bits per heavy atom. The van der Waals surface area contributed by atoms with Gasteiger partial charge in [0.15, 0.2) is 0 Å². The maximum Gasteiger partial charge on any atom is 0.397 e. The van der Waals surface area contributed by atoms with Gasteiger partial charge in [-0.25, -0.2) is 9.59 Å². The molecule has 1 N–H and O–H groups in total. The third-order valence-electron chi connectivity index (χ3n) is 4.05. The van der Waals surface area contributed by atoms with E-state index in [-0.39, 0.29) is 12.3 Å². The quantitative estimate of drug-likeness (QED) is 0.551. The third-order valence-corrected chi connectivity index (χ3v) is 5.12. The molecule has 0 spiro atoms.